The van der Waals surface area contributed by atoms with Gasteiger partial charge >= 0.3 is 0 Å². The monoisotopic (exact) mass is 263 g/mol. The fourth-order valence-electron chi connectivity index (χ4n) is 2.06. The minimum absolute atomic E-state index is 0.967. The van der Waals surface area contributed by atoms with Gasteiger partial charge in [0.25, 0.3) is 0 Å². The molecule has 3 heteroatoms. The van der Waals surface area contributed by atoms with Gasteiger partial charge in [0.15, 0.2) is 0 Å². The summed E-state index contributed by atoms with van der Waals surface area (Å²) in [6.07, 6.45) is 1.23. The number of benzene rings is 1. The number of hydrogen-bond donors (Lipinski definition) is 1. The Hall–Kier alpha value is -0.900. The predicted molar refractivity (Wildman–Crippen MR) is 83.4 cm³/mol. The summed E-state index contributed by atoms with van der Waals surface area (Å²) < 4.78 is 0. The Morgan fingerprint density at radius 1 is 0.947 bits per heavy atom. The molecule has 3 nitrogen and oxygen atoms in total. The summed E-state index contributed by atoms with van der Waals surface area (Å²) in [4.78, 5) is 4.79. The van der Waals surface area contributed by atoms with E-state index in [0.717, 1.165) is 32.7 Å². The van der Waals surface area contributed by atoms with Gasteiger partial charge in [0.1, 0.15) is 0 Å². The second-order valence-electron chi connectivity index (χ2n) is 5.31. The van der Waals surface area contributed by atoms with Crippen LogP contribution in [0.15, 0.2) is 30.3 Å². The Labute approximate surface area is 118 Å². The van der Waals surface area contributed by atoms with Gasteiger partial charge in [-0.1, -0.05) is 37.3 Å². The van der Waals surface area contributed by atoms with Crippen molar-refractivity contribution >= 4 is 0 Å². The molecule has 0 spiro atoms. The van der Waals surface area contributed by atoms with Gasteiger partial charge in [-0.15, -0.1) is 0 Å². The standard InChI is InChI=1S/C16H29N3/c1-4-11-19(14-13-18(2)3)12-10-17-15-16-8-6-5-7-9-16/h5-9,17H,4,10-15H2,1-3H3. The smallest absolute Gasteiger partial charge is 0.0206 e. The molecule has 0 saturated carbocycles. The summed E-state index contributed by atoms with van der Waals surface area (Å²) in [6, 6.07) is 10.6. The Bertz CT molecular complexity index is 311. The zero-order chi connectivity index (χ0) is 13.9. The van der Waals surface area contributed by atoms with Crippen LogP contribution in [0.1, 0.15) is 18.9 Å². The van der Waals surface area contributed by atoms with Crippen LogP contribution in [-0.4, -0.2) is 56.6 Å². The van der Waals surface area contributed by atoms with Crippen molar-refractivity contribution in [1.29, 1.82) is 0 Å². The summed E-state index contributed by atoms with van der Waals surface area (Å²) in [5.41, 5.74) is 1.36. The van der Waals surface area contributed by atoms with E-state index in [9.17, 15) is 0 Å². The normalized spacial score (nSPS) is 11.4. The van der Waals surface area contributed by atoms with Crippen LogP contribution in [0.4, 0.5) is 0 Å². The highest BCUT2D eigenvalue weighted by molar-refractivity contribution is 5.14. The van der Waals surface area contributed by atoms with Crippen LogP contribution in [0.5, 0.6) is 0 Å². The average molecular weight is 263 g/mol. The van der Waals surface area contributed by atoms with Gasteiger partial charge in [-0.2, -0.15) is 0 Å². The number of hydrogen-bond acceptors (Lipinski definition) is 3. The molecule has 0 atom stereocenters. The van der Waals surface area contributed by atoms with Crippen molar-refractivity contribution in [2.24, 2.45) is 0 Å². The summed E-state index contributed by atoms with van der Waals surface area (Å²) >= 11 is 0. The van der Waals surface area contributed by atoms with Gasteiger partial charge < -0.3 is 15.1 Å². The zero-order valence-electron chi connectivity index (χ0n) is 12.7. The first-order valence-electron chi connectivity index (χ1n) is 7.34. The van der Waals surface area contributed by atoms with Crippen LogP contribution in [0, 0.1) is 0 Å². The molecule has 1 aromatic rings. The van der Waals surface area contributed by atoms with Crippen LogP contribution < -0.4 is 5.32 Å². The first-order valence-corrected chi connectivity index (χ1v) is 7.34. The summed E-state index contributed by atoms with van der Waals surface area (Å²) in [7, 11) is 4.27. The van der Waals surface area contributed by atoms with Crippen LogP contribution in [0.3, 0.4) is 0 Å². The van der Waals surface area contributed by atoms with Crippen molar-refractivity contribution in [1.82, 2.24) is 15.1 Å². The maximum Gasteiger partial charge on any atom is 0.0206 e. The second-order valence-corrected chi connectivity index (χ2v) is 5.31. The van der Waals surface area contributed by atoms with Crippen LogP contribution in [0.2, 0.25) is 0 Å². The lowest BCUT2D eigenvalue weighted by atomic mass is 10.2. The van der Waals surface area contributed by atoms with E-state index < -0.39 is 0 Å². The molecule has 0 bridgehead atoms. The Morgan fingerprint density at radius 2 is 1.68 bits per heavy atom. The molecule has 0 aliphatic heterocycles. The van der Waals surface area contributed by atoms with E-state index in [1.54, 1.807) is 0 Å². The van der Waals surface area contributed by atoms with Crippen molar-refractivity contribution in [2.45, 2.75) is 19.9 Å². The molecule has 108 valence electrons. The first kappa shape index (κ1) is 16.2. The molecule has 0 unspecified atom stereocenters. The highest BCUT2D eigenvalue weighted by Crippen LogP contribution is 1.97. The molecule has 0 heterocycles. The van der Waals surface area contributed by atoms with Crippen molar-refractivity contribution in [2.75, 3.05) is 46.8 Å². The van der Waals surface area contributed by atoms with Gasteiger partial charge in [-0.3, -0.25) is 0 Å². The van der Waals surface area contributed by atoms with Gasteiger partial charge in [0.05, 0.1) is 0 Å². The lowest BCUT2D eigenvalue weighted by Crippen LogP contribution is -2.37. The van der Waals surface area contributed by atoms with Crippen molar-refractivity contribution in [3.8, 4) is 0 Å². The van der Waals surface area contributed by atoms with E-state index in [4.69, 9.17) is 0 Å². The number of nitrogens with one attached hydrogen (secondary N) is 1. The third-order valence-electron chi connectivity index (χ3n) is 3.18. The minimum atomic E-state index is 0.967. The maximum absolute atomic E-state index is 3.52. The zero-order valence-corrected chi connectivity index (χ0v) is 12.7. The van der Waals surface area contributed by atoms with Crippen molar-refractivity contribution < 1.29 is 0 Å². The Balaban J connectivity index is 2.17. The highest BCUT2D eigenvalue weighted by atomic mass is 15.2. The van der Waals surface area contributed by atoms with Gasteiger partial charge in [0.2, 0.25) is 0 Å². The SMILES string of the molecule is CCCN(CCNCc1ccccc1)CCN(C)C. The predicted octanol–water partition coefficient (Wildman–Crippen LogP) is 2.05. The maximum atomic E-state index is 3.52. The molecular weight excluding hydrogens is 234 g/mol. The van der Waals surface area contributed by atoms with Crippen molar-refractivity contribution in [3.05, 3.63) is 35.9 Å². The summed E-state index contributed by atoms with van der Waals surface area (Å²) in [6.45, 7) is 8.90. The molecule has 0 radical (unpaired) electrons. The molecular formula is C16H29N3. The molecule has 1 rings (SSSR count). The van der Waals surface area contributed by atoms with Crippen LogP contribution in [0.25, 0.3) is 0 Å². The largest absolute Gasteiger partial charge is 0.311 e. The molecule has 1 N–H and O–H groups in total. The van der Waals surface area contributed by atoms with E-state index in [1.165, 1.54) is 18.5 Å². The first-order chi connectivity index (χ1) is 9.22. The Morgan fingerprint density at radius 3 is 2.32 bits per heavy atom. The Kier molecular flexibility index (Phi) is 8.47. The molecule has 0 saturated heterocycles. The fraction of sp³-hybridized carbons (Fsp3) is 0.625. The molecule has 1 aromatic carbocycles. The number of likely N-dealkylation sites (N-methyl/N-ethyl adjacent to an activating group) is 1. The summed E-state index contributed by atoms with van der Waals surface area (Å²) in [5.74, 6) is 0. The van der Waals surface area contributed by atoms with Crippen LogP contribution >= 0.6 is 0 Å². The van der Waals surface area contributed by atoms with E-state index in [1.807, 2.05) is 0 Å². The average Bonchev–Trinajstić information content (AvgIpc) is 2.41. The van der Waals surface area contributed by atoms with E-state index in [2.05, 4.69) is 66.5 Å². The topological polar surface area (TPSA) is 18.5 Å². The molecule has 19 heavy (non-hydrogen) atoms. The number of nitrogens with zero attached hydrogens (tertiary/aromatic N) is 2. The number of rotatable bonds is 10. The van der Waals surface area contributed by atoms with Crippen molar-refractivity contribution in [3.63, 3.8) is 0 Å². The van der Waals surface area contributed by atoms with Gasteiger partial charge in [0, 0.05) is 32.7 Å². The summed E-state index contributed by atoms with van der Waals surface area (Å²) in [5, 5.41) is 3.52. The lowest BCUT2D eigenvalue weighted by molar-refractivity contribution is 0.241. The molecule has 0 fully saturated rings. The minimum Gasteiger partial charge on any atom is -0.311 e. The van der Waals surface area contributed by atoms with Gasteiger partial charge in [-0.25, -0.2) is 0 Å². The van der Waals surface area contributed by atoms with E-state index in [0.29, 0.717) is 0 Å². The lowest BCUT2D eigenvalue weighted by Gasteiger charge is -2.23. The third kappa shape index (κ3) is 7.98. The highest BCUT2D eigenvalue weighted by Gasteiger charge is 2.03. The quantitative estimate of drug-likeness (QED) is 0.652. The van der Waals surface area contributed by atoms with E-state index in [-0.39, 0.29) is 0 Å². The molecule has 0 aliphatic rings. The third-order valence-corrected chi connectivity index (χ3v) is 3.18. The molecule has 0 aromatic heterocycles. The molecule has 0 amide bonds. The van der Waals surface area contributed by atoms with E-state index >= 15 is 0 Å². The van der Waals surface area contributed by atoms with Gasteiger partial charge in [-0.05, 0) is 32.6 Å². The fourth-order valence-corrected chi connectivity index (χ4v) is 2.06. The second kappa shape index (κ2) is 9.96. The molecule has 0 aliphatic carbocycles. The van der Waals surface area contributed by atoms with Crippen LogP contribution in [-0.2, 0) is 6.54 Å².